The summed E-state index contributed by atoms with van der Waals surface area (Å²) in [4.78, 5) is 29.8. The number of fused-ring (bicyclic) bond motifs is 1. The molecule has 0 bridgehead atoms. The summed E-state index contributed by atoms with van der Waals surface area (Å²) in [6.07, 6.45) is 0.681. The highest BCUT2D eigenvalue weighted by atomic mass is 19.4. The number of hydrogen-bond acceptors (Lipinski definition) is 3. The van der Waals surface area contributed by atoms with Crippen molar-refractivity contribution < 1.29 is 27.5 Å². The summed E-state index contributed by atoms with van der Waals surface area (Å²) in [6.45, 7) is 5.12. The zero-order valence-electron chi connectivity index (χ0n) is 21.0. The summed E-state index contributed by atoms with van der Waals surface area (Å²) in [5.41, 5.74) is 0.849. The number of para-hydroxylation sites is 1. The third kappa shape index (κ3) is 8.00. The van der Waals surface area contributed by atoms with Crippen LogP contribution < -0.4 is 9.64 Å². The Hall–Kier alpha value is -3.03. The van der Waals surface area contributed by atoms with E-state index in [1.165, 1.54) is 12.1 Å². The second-order valence-corrected chi connectivity index (χ2v) is 9.67. The fourth-order valence-electron chi connectivity index (χ4n) is 4.35. The lowest BCUT2D eigenvalue weighted by atomic mass is 10.0. The van der Waals surface area contributed by atoms with Crippen molar-refractivity contribution in [2.45, 2.75) is 65.1 Å². The standard InChI is InChI=1S/C28H35F3N2O3/c1-21(2)17-26(34)33-16-9-5-3-4-8-15-32(19-22-11-6-7-14-25(22)33)27(35)20-36-24-13-10-12-23(18-24)28(29,30)31/h6-7,10-14,18,21H,3-5,8-9,15-17,19-20H2,1-2H3. The van der Waals surface area contributed by atoms with Gasteiger partial charge in [0.05, 0.1) is 5.56 Å². The van der Waals surface area contributed by atoms with Gasteiger partial charge in [-0.05, 0) is 48.6 Å². The number of carbonyl (C=O) groups is 2. The molecule has 0 spiro atoms. The number of ether oxygens (including phenoxy) is 1. The summed E-state index contributed by atoms with van der Waals surface area (Å²) < 4.78 is 44.5. The van der Waals surface area contributed by atoms with Gasteiger partial charge in [0.15, 0.2) is 6.61 Å². The van der Waals surface area contributed by atoms with Crippen molar-refractivity contribution >= 4 is 17.5 Å². The first-order chi connectivity index (χ1) is 17.1. The molecule has 36 heavy (non-hydrogen) atoms. The van der Waals surface area contributed by atoms with E-state index in [1.54, 1.807) is 4.90 Å². The first-order valence-corrected chi connectivity index (χ1v) is 12.6. The number of anilines is 1. The van der Waals surface area contributed by atoms with Crippen LogP contribution in [0.4, 0.5) is 18.9 Å². The maximum atomic E-state index is 13.1. The van der Waals surface area contributed by atoms with Gasteiger partial charge in [-0.2, -0.15) is 13.2 Å². The minimum Gasteiger partial charge on any atom is -0.484 e. The Morgan fingerprint density at radius 3 is 2.33 bits per heavy atom. The van der Waals surface area contributed by atoms with Crippen LogP contribution in [0.3, 0.4) is 0 Å². The Labute approximate surface area is 211 Å². The van der Waals surface area contributed by atoms with Crippen molar-refractivity contribution in [1.29, 1.82) is 0 Å². The summed E-state index contributed by atoms with van der Waals surface area (Å²) in [6, 6.07) is 12.2. The second kappa shape index (κ2) is 12.8. The van der Waals surface area contributed by atoms with Gasteiger partial charge in [-0.25, -0.2) is 0 Å². The fraction of sp³-hybridized carbons (Fsp3) is 0.500. The molecule has 1 heterocycles. The molecule has 2 amide bonds. The van der Waals surface area contributed by atoms with Crippen LogP contribution in [0.2, 0.25) is 0 Å². The molecule has 196 valence electrons. The van der Waals surface area contributed by atoms with Gasteiger partial charge in [0.25, 0.3) is 5.91 Å². The fourth-order valence-corrected chi connectivity index (χ4v) is 4.35. The first-order valence-electron chi connectivity index (χ1n) is 12.6. The minimum absolute atomic E-state index is 0.00149. The van der Waals surface area contributed by atoms with Crippen LogP contribution in [0, 0.1) is 5.92 Å². The molecule has 0 aliphatic carbocycles. The maximum Gasteiger partial charge on any atom is 0.416 e. The van der Waals surface area contributed by atoms with Gasteiger partial charge in [-0.3, -0.25) is 9.59 Å². The number of hydrogen-bond donors (Lipinski definition) is 0. The Morgan fingerprint density at radius 1 is 0.917 bits per heavy atom. The van der Waals surface area contributed by atoms with Gasteiger partial charge in [0.2, 0.25) is 5.91 Å². The molecule has 2 aromatic carbocycles. The largest absolute Gasteiger partial charge is 0.484 e. The summed E-state index contributed by atoms with van der Waals surface area (Å²) in [5, 5.41) is 0. The molecule has 2 aromatic rings. The van der Waals surface area contributed by atoms with E-state index in [1.807, 2.05) is 43.0 Å². The third-order valence-electron chi connectivity index (χ3n) is 6.21. The number of halogens is 3. The predicted octanol–water partition coefficient (Wildman–Crippen LogP) is 6.46. The molecule has 0 N–H and O–H groups in total. The highest BCUT2D eigenvalue weighted by Gasteiger charge is 2.30. The smallest absolute Gasteiger partial charge is 0.416 e. The SMILES string of the molecule is CC(C)CC(=O)N1CCCCCCCN(C(=O)COc2cccc(C(F)(F)F)c2)Cc2ccccc21. The van der Waals surface area contributed by atoms with Gasteiger partial charge in [-0.15, -0.1) is 0 Å². The molecule has 8 heteroatoms. The van der Waals surface area contributed by atoms with Crippen LogP contribution in [0.15, 0.2) is 48.5 Å². The Morgan fingerprint density at radius 2 is 1.61 bits per heavy atom. The molecule has 0 radical (unpaired) electrons. The first kappa shape index (κ1) is 27.6. The number of amides is 2. The van der Waals surface area contributed by atoms with Crippen molar-refractivity contribution in [3.05, 3.63) is 59.7 Å². The molecule has 3 rings (SSSR count). The monoisotopic (exact) mass is 504 g/mol. The van der Waals surface area contributed by atoms with Crippen molar-refractivity contribution in [3.8, 4) is 5.75 Å². The van der Waals surface area contributed by atoms with Crippen LogP contribution in [0.5, 0.6) is 5.75 Å². The Bertz CT molecular complexity index is 1020. The summed E-state index contributed by atoms with van der Waals surface area (Å²) in [5.74, 6) is -0.00453. The average Bonchev–Trinajstić information content (AvgIpc) is 2.82. The maximum absolute atomic E-state index is 13.1. The summed E-state index contributed by atoms with van der Waals surface area (Å²) in [7, 11) is 0. The van der Waals surface area contributed by atoms with Crippen LogP contribution in [-0.4, -0.2) is 36.4 Å². The Kier molecular flexibility index (Phi) is 9.79. The van der Waals surface area contributed by atoms with Crippen LogP contribution in [-0.2, 0) is 22.3 Å². The lowest BCUT2D eigenvalue weighted by Gasteiger charge is -2.30. The molecule has 1 aliphatic rings. The number of alkyl halides is 3. The molecule has 0 fully saturated rings. The molecule has 1 aliphatic heterocycles. The van der Waals surface area contributed by atoms with E-state index in [2.05, 4.69) is 0 Å². The van der Waals surface area contributed by atoms with E-state index in [-0.39, 0.29) is 30.1 Å². The van der Waals surface area contributed by atoms with Crippen molar-refractivity contribution in [3.63, 3.8) is 0 Å². The summed E-state index contributed by atoms with van der Waals surface area (Å²) >= 11 is 0. The molecule has 5 nitrogen and oxygen atoms in total. The highest BCUT2D eigenvalue weighted by Crippen LogP contribution is 2.31. The van der Waals surface area contributed by atoms with Gasteiger partial charge in [0.1, 0.15) is 5.75 Å². The number of benzene rings is 2. The average molecular weight is 505 g/mol. The van der Waals surface area contributed by atoms with E-state index in [9.17, 15) is 22.8 Å². The quantitative estimate of drug-likeness (QED) is 0.470. The number of nitrogens with zero attached hydrogens (tertiary/aromatic N) is 2. The molecule has 0 saturated heterocycles. The van der Waals surface area contributed by atoms with E-state index in [0.29, 0.717) is 26.1 Å². The predicted molar refractivity (Wildman–Crippen MR) is 134 cm³/mol. The third-order valence-corrected chi connectivity index (χ3v) is 6.21. The molecule has 0 unspecified atom stereocenters. The highest BCUT2D eigenvalue weighted by molar-refractivity contribution is 5.94. The second-order valence-electron chi connectivity index (χ2n) is 9.67. The van der Waals surface area contributed by atoms with Crippen molar-refractivity contribution in [2.75, 3.05) is 24.6 Å². The zero-order chi connectivity index (χ0) is 26.1. The van der Waals surface area contributed by atoms with E-state index < -0.39 is 11.7 Å². The zero-order valence-corrected chi connectivity index (χ0v) is 21.0. The molecule has 0 aromatic heterocycles. The molecule has 0 atom stereocenters. The molecule has 0 saturated carbocycles. The van der Waals surface area contributed by atoms with Crippen LogP contribution >= 0.6 is 0 Å². The van der Waals surface area contributed by atoms with Gasteiger partial charge in [0, 0.05) is 31.7 Å². The van der Waals surface area contributed by atoms with Gasteiger partial charge < -0.3 is 14.5 Å². The van der Waals surface area contributed by atoms with Crippen LogP contribution in [0.25, 0.3) is 0 Å². The van der Waals surface area contributed by atoms with Crippen molar-refractivity contribution in [1.82, 2.24) is 4.90 Å². The molecular weight excluding hydrogens is 469 g/mol. The minimum atomic E-state index is -4.48. The lowest BCUT2D eigenvalue weighted by molar-refractivity contribution is -0.137. The number of carbonyl (C=O) groups excluding carboxylic acids is 2. The molecular formula is C28H35F3N2O3. The lowest BCUT2D eigenvalue weighted by Crippen LogP contribution is -2.37. The normalized spacial score (nSPS) is 15.6. The van der Waals surface area contributed by atoms with Crippen molar-refractivity contribution in [2.24, 2.45) is 5.92 Å². The van der Waals surface area contributed by atoms with E-state index in [4.69, 9.17) is 4.74 Å². The van der Waals surface area contributed by atoms with E-state index in [0.717, 1.165) is 55.5 Å². The number of rotatable bonds is 5. The van der Waals surface area contributed by atoms with E-state index >= 15 is 0 Å². The topological polar surface area (TPSA) is 49.9 Å². The van der Waals surface area contributed by atoms with Gasteiger partial charge >= 0.3 is 6.18 Å². The Balaban J connectivity index is 1.80. The van der Waals surface area contributed by atoms with Crippen LogP contribution in [0.1, 0.15) is 63.5 Å². The van der Waals surface area contributed by atoms with Gasteiger partial charge in [-0.1, -0.05) is 57.4 Å².